The van der Waals surface area contributed by atoms with Crippen molar-refractivity contribution in [3.05, 3.63) is 71.3 Å². The molecule has 0 bridgehead atoms. The van der Waals surface area contributed by atoms with E-state index in [0.29, 0.717) is 18.0 Å². The van der Waals surface area contributed by atoms with Crippen LogP contribution in [0.5, 0.6) is 0 Å². The van der Waals surface area contributed by atoms with Crippen molar-refractivity contribution in [3.63, 3.8) is 0 Å². The topological polar surface area (TPSA) is 124 Å². The molecule has 1 N–H and O–H groups in total. The molecule has 4 aromatic heterocycles. The number of carbonyl (C=O) groups is 1. The molecule has 0 aliphatic carbocycles. The maximum atomic E-state index is 12.1. The predicted molar refractivity (Wildman–Crippen MR) is 125 cm³/mol. The van der Waals surface area contributed by atoms with E-state index in [1.807, 2.05) is 31.2 Å². The number of imidazole rings is 1. The minimum Gasteiger partial charge on any atom is -0.464 e. The molecule has 170 valence electrons. The van der Waals surface area contributed by atoms with Crippen molar-refractivity contribution in [1.29, 1.82) is 0 Å². The number of aromatic amines is 1. The number of aromatic nitrogens is 8. The highest BCUT2D eigenvalue weighted by atomic mass is 16.5. The van der Waals surface area contributed by atoms with Gasteiger partial charge in [0.15, 0.2) is 17.2 Å². The van der Waals surface area contributed by atoms with Gasteiger partial charge in [0.05, 0.1) is 19.3 Å². The van der Waals surface area contributed by atoms with Crippen molar-refractivity contribution >= 4 is 17.1 Å². The number of carbonyl (C=O) groups excluding carboxylic acids is 1. The van der Waals surface area contributed by atoms with Crippen LogP contribution in [0.1, 0.15) is 34.4 Å². The van der Waals surface area contributed by atoms with E-state index in [-0.39, 0.29) is 5.69 Å². The molecular weight excluding hydrogens is 432 g/mol. The second-order valence-electron chi connectivity index (χ2n) is 7.80. The van der Waals surface area contributed by atoms with Crippen molar-refractivity contribution < 1.29 is 9.53 Å². The average molecular weight is 454 g/mol. The van der Waals surface area contributed by atoms with Crippen molar-refractivity contribution in [2.45, 2.75) is 26.8 Å². The number of hydrogen-bond donors (Lipinski definition) is 1. The molecule has 0 saturated heterocycles. The van der Waals surface area contributed by atoms with Gasteiger partial charge in [-0.25, -0.2) is 19.9 Å². The van der Waals surface area contributed by atoms with Gasteiger partial charge in [-0.15, -0.1) is 5.10 Å². The molecule has 4 heterocycles. The summed E-state index contributed by atoms with van der Waals surface area (Å²) in [5.74, 6) is 1.00. The number of fused-ring (bicyclic) bond motifs is 1. The average Bonchev–Trinajstić information content (AvgIpc) is 3.53. The van der Waals surface area contributed by atoms with Crippen LogP contribution in [0.2, 0.25) is 0 Å². The Balaban J connectivity index is 1.51. The molecule has 0 amide bonds. The van der Waals surface area contributed by atoms with E-state index >= 15 is 0 Å². The molecule has 10 nitrogen and oxygen atoms in total. The normalized spacial score (nSPS) is 11.1. The molecule has 0 spiro atoms. The number of hydrogen-bond acceptors (Lipinski definition) is 8. The summed E-state index contributed by atoms with van der Waals surface area (Å²) >= 11 is 0. The van der Waals surface area contributed by atoms with Crippen LogP contribution in [0, 0.1) is 6.92 Å². The molecule has 34 heavy (non-hydrogen) atoms. The van der Waals surface area contributed by atoms with Crippen LogP contribution in [0.4, 0.5) is 0 Å². The first-order chi connectivity index (χ1) is 16.6. The van der Waals surface area contributed by atoms with Gasteiger partial charge >= 0.3 is 5.97 Å². The molecule has 10 heteroatoms. The molecular formula is C24H22N8O2. The van der Waals surface area contributed by atoms with Crippen LogP contribution in [0.3, 0.4) is 0 Å². The number of pyridine rings is 2. The van der Waals surface area contributed by atoms with Gasteiger partial charge in [0.1, 0.15) is 11.3 Å². The standard InChI is InChI=1S/C24H22N8O2/c1-4-19-27-20-14(2)12-18(24(33)34-3)26-23(20)32(19)13-15-7-9-16(10-8-15)21-17(6-5-11-25-21)22-28-30-31-29-22/h5-12H,4,13H2,1-3H3,(H,28,29,30,31). The fourth-order valence-electron chi connectivity index (χ4n) is 3.98. The number of nitrogens with zero attached hydrogens (tertiary/aromatic N) is 7. The summed E-state index contributed by atoms with van der Waals surface area (Å²) in [6.45, 7) is 4.55. The lowest BCUT2D eigenvalue weighted by Gasteiger charge is -2.10. The summed E-state index contributed by atoms with van der Waals surface area (Å²) in [6, 6.07) is 13.6. The quantitative estimate of drug-likeness (QED) is 0.387. The number of aryl methyl sites for hydroxylation is 2. The Labute approximate surface area is 195 Å². The number of methoxy groups -OCH3 is 1. The zero-order valence-electron chi connectivity index (χ0n) is 19.0. The Morgan fingerprint density at radius 1 is 1.15 bits per heavy atom. The number of tetrazole rings is 1. The minimum absolute atomic E-state index is 0.274. The largest absolute Gasteiger partial charge is 0.464 e. The first-order valence-electron chi connectivity index (χ1n) is 10.8. The first kappa shape index (κ1) is 21.4. The van der Waals surface area contributed by atoms with Gasteiger partial charge in [0.25, 0.3) is 0 Å². The number of nitrogens with one attached hydrogen (secondary N) is 1. The van der Waals surface area contributed by atoms with Crippen LogP contribution < -0.4 is 0 Å². The number of H-pyrrole nitrogens is 1. The molecule has 0 radical (unpaired) electrons. The summed E-state index contributed by atoms with van der Waals surface area (Å²) < 4.78 is 6.92. The molecule has 0 atom stereocenters. The Hall–Kier alpha value is -4.47. The van der Waals surface area contributed by atoms with Crippen LogP contribution >= 0.6 is 0 Å². The lowest BCUT2D eigenvalue weighted by molar-refractivity contribution is 0.0594. The summed E-state index contributed by atoms with van der Waals surface area (Å²) in [6.07, 6.45) is 2.48. The van der Waals surface area contributed by atoms with Gasteiger partial charge in [0.2, 0.25) is 0 Å². The van der Waals surface area contributed by atoms with E-state index in [1.165, 1.54) is 7.11 Å². The Morgan fingerprint density at radius 2 is 1.97 bits per heavy atom. The Morgan fingerprint density at radius 3 is 2.68 bits per heavy atom. The molecule has 0 aliphatic heterocycles. The van der Waals surface area contributed by atoms with Crippen LogP contribution in [-0.4, -0.2) is 53.2 Å². The Bertz CT molecular complexity index is 1470. The SMILES string of the molecule is CCc1nc2c(C)cc(C(=O)OC)nc2n1Cc1ccc(-c2ncccc2-c2nnn[nH]2)cc1. The lowest BCUT2D eigenvalue weighted by Crippen LogP contribution is -2.09. The van der Waals surface area contributed by atoms with Crippen molar-refractivity contribution in [1.82, 2.24) is 40.1 Å². The van der Waals surface area contributed by atoms with E-state index in [1.54, 1.807) is 12.3 Å². The number of benzene rings is 1. The minimum atomic E-state index is -0.465. The van der Waals surface area contributed by atoms with Gasteiger partial charge < -0.3 is 9.30 Å². The third-order valence-corrected chi connectivity index (χ3v) is 5.66. The second-order valence-corrected chi connectivity index (χ2v) is 7.80. The second kappa shape index (κ2) is 8.81. The maximum Gasteiger partial charge on any atom is 0.356 e. The molecule has 0 aliphatic rings. The lowest BCUT2D eigenvalue weighted by atomic mass is 10.0. The van der Waals surface area contributed by atoms with E-state index in [4.69, 9.17) is 9.72 Å². The summed E-state index contributed by atoms with van der Waals surface area (Å²) in [4.78, 5) is 26.0. The van der Waals surface area contributed by atoms with Crippen molar-refractivity contribution in [2.24, 2.45) is 0 Å². The highest BCUT2D eigenvalue weighted by Crippen LogP contribution is 2.28. The smallest absolute Gasteiger partial charge is 0.356 e. The zero-order chi connectivity index (χ0) is 23.7. The van der Waals surface area contributed by atoms with E-state index in [0.717, 1.165) is 45.7 Å². The zero-order valence-corrected chi connectivity index (χ0v) is 19.0. The van der Waals surface area contributed by atoms with Crippen LogP contribution in [-0.2, 0) is 17.7 Å². The molecule has 5 rings (SSSR count). The van der Waals surface area contributed by atoms with Gasteiger partial charge in [0, 0.05) is 23.7 Å². The van der Waals surface area contributed by atoms with Crippen LogP contribution in [0.25, 0.3) is 33.8 Å². The van der Waals surface area contributed by atoms with E-state index in [9.17, 15) is 4.79 Å². The number of ether oxygens (including phenoxy) is 1. The fourth-order valence-corrected chi connectivity index (χ4v) is 3.98. The monoisotopic (exact) mass is 454 g/mol. The van der Waals surface area contributed by atoms with Gasteiger partial charge in [-0.2, -0.15) is 0 Å². The molecule has 5 aromatic rings. The maximum absolute atomic E-state index is 12.1. The molecule has 0 fully saturated rings. The molecule has 0 unspecified atom stereocenters. The van der Waals surface area contributed by atoms with Gasteiger partial charge in [-0.1, -0.05) is 31.2 Å². The third kappa shape index (κ3) is 3.79. The summed E-state index contributed by atoms with van der Waals surface area (Å²) in [7, 11) is 1.35. The Kier molecular flexibility index (Phi) is 5.54. The van der Waals surface area contributed by atoms with Crippen molar-refractivity contribution in [2.75, 3.05) is 7.11 Å². The fraction of sp³-hybridized carbons (Fsp3) is 0.208. The van der Waals surface area contributed by atoms with Gasteiger partial charge in [-0.3, -0.25) is 4.98 Å². The van der Waals surface area contributed by atoms with Crippen LogP contribution in [0.15, 0.2) is 48.7 Å². The molecule has 1 aromatic carbocycles. The highest BCUT2D eigenvalue weighted by molar-refractivity contribution is 5.91. The summed E-state index contributed by atoms with van der Waals surface area (Å²) in [5, 5.41) is 14.1. The summed E-state index contributed by atoms with van der Waals surface area (Å²) in [5.41, 5.74) is 6.25. The predicted octanol–water partition coefficient (Wildman–Crippen LogP) is 3.38. The number of esters is 1. The number of rotatable bonds is 6. The van der Waals surface area contributed by atoms with E-state index < -0.39 is 5.97 Å². The van der Waals surface area contributed by atoms with Crippen molar-refractivity contribution in [3.8, 4) is 22.6 Å². The third-order valence-electron chi connectivity index (χ3n) is 5.66. The van der Waals surface area contributed by atoms with Gasteiger partial charge in [-0.05, 0) is 46.7 Å². The first-order valence-corrected chi connectivity index (χ1v) is 10.8. The highest BCUT2D eigenvalue weighted by Gasteiger charge is 2.18. The molecule has 0 saturated carbocycles. The van der Waals surface area contributed by atoms with E-state index in [2.05, 4.69) is 54.2 Å².